The van der Waals surface area contributed by atoms with Gasteiger partial charge in [0.25, 0.3) is 0 Å². The molecule has 2 N–H and O–H groups in total. The van der Waals surface area contributed by atoms with E-state index in [1.165, 1.54) is 0 Å². The molecular weight excluding hydrogens is 354 g/mol. The highest BCUT2D eigenvalue weighted by atomic mass is 16.6. The number of aliphatic hydroxyl groups is 1. The smallest absolute Gasteiger partial charge is 0.306 e. The highest BCUT2D eigenvalue weighted by molar-refractivity contribution is 6.22. The number of hydrogen-bond acceptors (Lipinski definition) is 6. The summed E-state index contributed by atoms with van der Waals surface area (Å²) < 4.78 is 5.31. The van der Waals surface area contributed by atoms with Gasteiger partial charge in [-0.15, -0.1) is 0 Å². The van der Waals surface area contributed by atoms with Gasteiger partial charge in [-0.3, -0.25) is 24.1 Å². The number of carbonyl (C=O) groups excluding carboxylic acids is 3. The summed E-state index contributed by atoms with van der Waals surface area (Å²) in [7, 11) is 0. The third-order valence-corrected chi connectivity index (χ3v) is 5.89. The lowest BCUT2D eigenvalue weighted by molar-refractivity contribution is -0.165. The average Bonchev–Trinajstić information content (AvgIpc) is 3.25. The van der Waals surface area contributed by atoms with Crippen LogP contribution in [-0.4, -0.2) is 46.2 Å². The van der Waals surface area contributed by atoms with Gasteiger partial charge < -0.3 is 14.9 Å². The minimum absolute atomic E-state index is 0.299. The second-order valence-corrected chi connectivity index (χ2v) is 7.30. The van der Waals surface area contributed by atoms with E-state index < -0.39 is 47.8 Å². The first kappa shape index (κ1) is 17.7. The van der Waals surface area contributed by atoms with E-state index in [0.29, 0.717) is 12.1 Å². The molecule has 2 saturated carbocycles. The van der Waals surface area contributed by atoms with Crippen LogP contribution in [0.5, 0.6) is 0 Å². The number of amides is 2. The van der Waals surface area contributed by atoms with Crippen molar-refractivity contribution in [2.45, 2.75) is 31.5 Å². The summed E-state index contributed by atoms with van der Waals surface area (Å²) in [6.07, 6.45) is -2.14. The number of benzene rings is 1. The number of anilines is 1. The van der Waals surface area contributed by atoms with Crippen LogP contribution in [-0.2, 0) is 23.9 Å². The molecule has 2 amide bonds. The lowest BCUT2D eigenvalue weighted by atomic mass is 9.78. The zero-order valence-corrected chi connectivity index (χ0v) is 14.4. The molecule has 142 valence electrons. The maximum absolute atomic E-state index is 12.9. The average molecular weight is 373 g/mol. The van der Waals surface area contributed by atoms with E-state index in [1.54, 1.807) is 30.3 Å². The Morgan fingerprint density at radius 1 is 1.04 bits per heavy atom. The molecule has 8 heteroatoms. The van der Waals surface area contributed by atoms with Crippen LogP contribution < -0.4 is 4.90 Å². The number of esters is 1. The summed E-state index contributed by atoms with van der Waals surface area (Å²) in [4.78, 5) is 49.4. The van der Waals surface area contributed by atoms with Crippen LogP contribution in [0.15, 0.2) is 30.3 Å². The molecule has 3 aliphatic rings. The van der Waals surface area contributed by atoms with Crippen LogP contribution in [0.4, 0.5) is 5.69 Å². The van der Waals surface area contributed by atoms with E-state index in [4.69, 9.17) is 9.84 Å². The van der Waals surface area contributed by atoms with Gasteiger partial charge >= 0.3 is 11.9 Å². The number of carboxylic acid groups (broad SMARTS) is 1. The Morgan fingerprint density at radius 3 is 2.30 bits per heavy atom. The van der Waals surface area contributed by atoms with Gasteiger partial charge in [0.1, 0.15) is 6.10 Å². The lowest BCUT2D eigenvalue weighted by Gasteiger charge is -2.32. The summed E-state index contributed by atoms with van der Waals surface area (Å²) in [5.41, 5.74) is 0.491. The first-order valence-corrected chi connectivity index (χ1v) is 8.92. The molecule has 4 rings (SSSR count). The third kappa shape index (κ3) is 2.71. The molecule has 27 heavy (non-hydrogen) atoms. The predicted octanol–water partition coefficient (Wildman–Crippen LogP) is 0.579. The lowest BCUT2D eigenvalue weighted by Crippen LogP contribution is -2.45. The first-order chi connectivity index (χ1) is 12.9. The quantitative estimate of drug-likeness (QED) is 0.572. The zero-order valence-electron chi connectivity index (χ0n) is 14.4. The van der Waals surface area contributed by atoms with Crippen LogP contribution in [0.2, 0.25) is 0 Å². The number of carbonyl (C=O) groups is 4. The maximum Gasteiger partial charge on any atom is 0.306 e. The van der Waals surface area contributed by atoms with Gasteiger partial charge in [0, 0.05) is 11.8 Å². The molecule has 6 atom stereocenters. The number of rotatable bonds is 5. The van der Waals surface area contributed by atoms with E-state index in [1.807, 2.05) is 0 Å². The molecule has 2 bridgehead atoms. The number of carboxylic acids is 1. The molecule has 3 fully saturated rings. The zero-order chi connectivity index (χ0) is 19.3. The number of hydrogen-bond donors (Lipinski definition) is 2. The monoisotopic (exact) mass is 373 g/mol. The summed E-state index contributed by atoms with van der Waals surface area (Å²) >= 11 is 0. The van der Waals surface area contributed by atoms with Crippen molar-refractivity contribution < 1.29 is 34.1 Å². The van der Waals surface area contributed by atoms with Crippen molar-refractivity contribution in [2.24, 2.45) is 23.7 Å². The number of nitrogens with zero attached hydrogens (tertiary/aromatic N) is 1. The number of imide groups is 1. The number of aliphatic hydroxyl groups excluding tert-OH is 1. The molecule has 1 aliphatic heterocycles. The molecule has 1 aromatic carbocycles. The van der Waals surface area contributed by atoms with E-state index in [0.717, 1.165) is 4.90 Å². The summed E-state index contributed by atoms with van der Waals surface area (Å²) in [5.74, 6) is -4.59. The summed E-state index contributed by atoms with van der Waals surface area (Å²) in [6, 6.07) is 8.62. The Kier molecular flexibility index (Phi) is 4.22. The summed E-state index contributed by atoms with van der Waals surface area (Å²) in [6.45, 7) is 0. The third-order valence-electron chi connectivity index (χ3n) is 5.89. The van der Waals surface area contributed by atoms with Crippen LogP contribution in [0.1, 0.15) is 19.3 Å². The van der Waals surface area contributed by atoms with Crippen molar-refractivity contribution >= 4 is 29.4 Å². The molecule has 0 spiro atoms. The van der Waals surface area contributed by atoms with E-state index >= 15 is 0 Å². The Balaban J connectivity index is 1.54. The predicted molar refractivity (Wildman–Crippen MR) is 90.3 cm³/mol. The Bertz CT molecular complexity index is 808. The fourth-order valence-electron chi connectivity index (χ4n) is 4.82. The Hall–Kier alpha value is -2.74. The molecular formula is C19H19NO7. The Morgan fingerprint density at radius 2 is 1.67 bits per heavy atom. The van der Waals surface area contributed by atoms with Crippen LogP contribution in [0.25, 0.3) is 0 Å². The second kappa shape index (κ2) is 6.45. The molecule has 5 unspecified atom stereocenters. The van der Waals surface area contributed by atoms with E-state index in [2.05, 4.69) is 0 Å². The minimum Gasteiger partial charge on any atom is -0.481 e. The van der Waals surface area contributed by atoms with Crippen LogP contribution in [0.3, 0.4) is 0 Å². The van der Waals surface area contributed by atoms with Gasteiger partial charge in [-0.1, -0.05) is 18.2 Å². The van der Waals surface area contributed by atoms with Crippen molar-refractivity contribution in [1.29, 1.82) is 0 Å². The fraction of sp³-hybridized carbons (Fsp3) is 0.474. The number of para-hydroxylation sites is 1. The normalized spacial score (nSPS) is 34.0. The van der Waals surface area contributed by atoms with Crippen LogP contribution >= 0.6 is 0 Å². The maximum atomic E-state index is 12.9. The number of fused-ring (bicyclic) bond motifs is 5. The topological polar surface area (TPSA) is 121 Å². The van der Waals surface area contributed by atoms with E-state index in [9.17, 15) is 24.3 Å². The van der Waals surface area contributed by atoms with Gasteiger partial charge in [0.05, 0.1) is 36.5 Å². The van der Waals surface area contributed by atoms with Gasteiger partial charge in [-0.2, -0.15) is 0 Å². The van der Waals surface area contributed by atoms with E-state index in [-0.39, 0.29) is 24.7 Å². The van der Waals surface area contributed by atoms with Gasteiger partial charge in [-0.25, -0.2) is 0 Å². The van der Waals surface area contributed by atoms with Gasteiger partial charge in [-0.05, 0) is 18.6 Å². The molecule has 0 radical (unpaired) electrons. The van der Waals surface area contributed by atoms with Crippen molar-refractivity contribution in [3.63, 3.8) is 0 Å². The van der Waals surface area contributed by atoms with Crippen LogP contribution in [0, 0.1) is 23.7 Å². The molecule has 1 aromatic rings. The van der Waals surface area contributed by atoms with Crippen molar-refractivity contribution in [1.82, 2.24) is 0 Å². The second-order valence-electron chi connectivity index (χ2n) is 7.30. The SMILES string of the molecule is O=C(O)CCC(=O)OC1C2C[C@H](C1O)C1C(=O)N(c3ccccc3)C(=O)C21. The molecule has 1 saturated heterocycles. The van der Waals surface area contributed by atoms with Crippen molar-refractivity contribution in [3.05, 3.63) is 30.3 Å². The summed E-state index contributed by atoms with van der Waals surface area (Å²) in [5, 5.41) is 19.2. The standard InChI is InChI=1S/C19H19NO7/c21-12(22)6-7-13(23)27-17-11-8-10(16(17)24)14-15(11)19(26)20(18(14)25)9-4-2-1-3-5-9/h1-5,10-11,14-17,24H,6-8H2,(H,21,22)/t10-,11?,14?,15?,16?,17?/m0/s1. The molecule has 0 aromatic heterocycles. The molecule has 2 aliphatic carbocycles. The van der Waals surface area contributed by atoms with Crippen molar-refractivity contribution in [2.75, 3.05) is 4.90 Å². The molecule has 8 nitrogen and oxygen atoms in total. The molecule has 1 heterocycles. The van der Waals surface area contributed by atoms with Gasteiger partial charge in [0.2, 0.25) is 11.8 Å². The number of ether oxygens (including phenoxy) is 1. The highest BCUT2D eigenvalue weighted by Crippen LogP contribution is 2.57. The highest BCUT2D eigenvalue weighted by Gasteiger charge is 2.68. The fourth-order valence-corrected chi connectivity index (χ4v) is 4.82. The van der Waals surface area contributed by atoms with Crippen molar-refractivity contribution in [3.8, 4) is 0 Å². The van der Waals surface area contributed by atoms with Gasteiger partial charge in [0.15, 0.2) is 0 Å². The largest absolute Gasteiger partial charge is 0.481 e. The number of aliphatic carboxylic acids is 1. The Labute approximate surface area is 154 Å². The first-order valence-electron chi connectivity index (χ1n) is 8.92. The minimum atomic E-state index is -1.12.